The average Bonchev–Trinajstić information content (AvgIpc) is 2.11. The molecule has 0 radical (unpaired) electrons. The fraction of sp³-hybridized carbons (Fsp3) is 0.250. The van der Waals surface area contributed by atoms with E-state index in [-0.39, 0.29) is 5.75 Å². The van der Waals surface area contributed by atoms with Gasteiger partial charge in [-0.1, -0.05) is 11.9 Å². The predicted molar refractivity (Wildman–Crippen MR) is 54.5 cm³/mol. The van der Waals surface area contributed by atoms with Crippen LogP contribution in [0.5, 0.6) is 5.75 Å². The van der Waals surface area contributed by atoms with Crippen molar-refractivity contribution >= 4 is 23.3 Å². The minimum atomic E-state index is 0.154. The van der Waals surface area contributed by atoms with Crippen molar-refractivity contribution in [2.75, 3.05) is 16.7 Å². The van der Waals surface area contributed by atoms with Gasteiger partial charge in [0.15, 0.2) is 5.75 Å². The van der Waals surface area contributed by atoms with Crippen LogP contribution in [0.2, 0.25) is 0 Å². The van der Waals surface area contributed by atoms with Crippen LogP contribution in [-0.4, -0.2) is 6.26 Å². The van der Waals surface area contributed by atoms with Crippen molar-refractivity contribution in [3.8, 4) is 5.75 Å². The Balaban J connectivity index is 3.09. The molecule has 3 N–H and O–H groups in total. The molecule has 0 fully saturated rings. The lowest BCUT2D eigenvalue weighted by molar-refractivity contribution is -0.00525. The average molecular weight is 202 g/mol. The van der Waals surface area contributed by atoms with Gasteiger partial charge in [-0.3, -0.25) is 4.94 Å². The summed E-state index contributed by atoms with van der Waals surface area (Å²) < 4.78 is 14.9. The lowest BCUT2D eigenvalue weighted by atomic mass is 10.2. The van der Waals surface area contributed by atoms with Gasteiger partial charge in [-0.25, -0.2) is 0 Å². The van der Waals surface area contributed by atoms with Crippen molar-refractivity contribution < 1.29 is 9.47 Å². The van der Waals surface area contributed by atoms with Gasteiger partial charge >= 0.3 is 0 Å². The van der Waals surface area contributed by atoms with Crippen LogP contribution < -0.4 is 15.4 Å². The zero-order chi connectivity index (χ0) is 9.84. The van der Waals surface area contributed by atoms with E-state index < -0.39 is 0 Å². The summed E-state index contributed by atoms with van der Waals surface area (Å²) in [5, 5.41) is 0. The summed E-state index contributed by atoms with van der Waals surface area (Å²) in [5.74, 6) is 0.154. The zero-order valence-electron chi connectivity index (χ0n) is 7.43. The number of nitrogens with two attached hydrogens (primary N) is 1. The SMILES string of the molecule is CSNc1cc(N)c(C)cc1OF. The lowest BCUT2D eigenvalue weighted by Crippen LogP contribution is -1.95. The molecule has 0 bridgehead atoms. The molecule has 0 saturated heterocycles. The Morgan fingerprint density at radius 1 is 1.54 bits per heavy atom. The first-order valence-corrected chi connectivity index (χ1v) is 4.89. The first kappa shape index (κ1) is 9.98. The quantitative estimate of drug-likeness (QED) is 0.584. The molecule has 0 aromatic heterocycles. The number of aryl methyl sites for hydroxylation is 1. The molecule has 0 aliphatic rings. The van der Waals surface area contributed by atoms with Crippen LogP contribution in [0.1, 0.15) is 5.56 Å². The lowest BCUT2D eigenvalue weighted by Gasteiger charge is -2.08. The number of anilines is 2. The van der Waals surface area contributed by atoms with Gasteiger partial charge in [0, 0.05) is 16.5 Å². The summed E-state index contributed by atoms with van der Waals surface area (Å²) in [6, 6.07) is 3.19. The molecular weight excluding hydrogens is 191 g/mol. The fourth-order valence-electron chi connectivity index (χ4n) is 0.952. The Morgan fingerprint density at radius 3 is 2.77 bits per heavy atom. The molecule has 5 heteroatoms. The summed E-state index contributed by atoms with van der Waals surface area (Å²) >= 11 is 1.35. The highest BCUT2D eigenvalue weighted by molar-refractivity contribution is 7.99. The van der Waals surface area contributed by atoms with Crippen LogP contribution in [0.4, 0.5) is 15.9 Å². The Hall–Kier alpha value is -1.10. The van der Waals surface area contributed by atoms with Gasteiger partial charge < -0.3 is 10.5 Å². The number of halogens is 1. The van der Waals surface area contributed by atoms with Crippen LogP contribution in [0.3, 0.4) is 0 Å². The summed E-state index contributed by atoms with van der Waals surface area (Å²) in [6.07, 6.45) is 1.83. The maximum Gasteiger partial charge on any atom is 0.196 e. The van der Waals surface area contributed by atoms with Gasteiger partial charge in [0.1, 0.15) is 0 Å². The Kier molecular flexibility index (Phi) is 3.25. The van der Waals surface area contributed by atoms with Gasteiger partial charge in [-0.15, -0.1) is 0 Å². The van der Waals surface area contributed by atoms with Crippen molar-refractivity contribution in [3.05, 3.63) is 17.7 Å². The van der Waals surface area contributed by atoms with E-state index in [1.807, 2.05) is 6.26 Å². The molecule has 3 nitrogen and oxygen atoms in total. The highest BCUT2D eigenvalue weighted by atomic mass is 32.2. The fourth-order valence-corrected chi connectivity index (χ4v) is 1.33. The van der Waals surface area contributed by atoms with Crippen LogP contribution in [0.15, 0.2) is 12.1 Å². The molecular formula is C8H11FN2OS. The molecule has 0 heterocycles. The molecule has 1 aromatic rings. The standard InChI is InChI=1S/C8H11FN2OS/c1-5-3-8(12-9)7(11-13-2)4-6(5)10/h3-4,11H,10H2,1-2H3. The first-order chi connectivity index (χ1) is 6.19. The molecule has 1 aromatic carbocycles. The third kappa shape index (κ3) is 2.18. The number of hydrogen-bond acceptors (Lipinski definition) is 4. The maximum atomic E-state index is 12.0. The van der Waals surface area contributed by atoms with Crippen molar-refractivity contribution in [1.82, 2.24) is 0 Å². The smallest absolute Gasteiger partial charge is 0.196 e. The molecule has 0 aliphatic heterocycles. The van der Waals surface area contributed by atoms with Gasteiger partial charge in [0.05, 0.1) is 5.69 Å². The molecule has 0 unspecified atom stereocenters. The monoisotopic (exact) mass is 202 g/mol. The van der Waals surface area contributed by atoms with E-state index >= 15 is 0 Å². The van der Waals surface area contributed by atoms with Crippen LogP contribution in [-0.2, 0) is 0 Å². The second kappa shape index (κ2) is 4.23. The topological polar surface area (TPSA) is 47.3 Å². The van der Waals surface area contributed by atoms with Gasteiger partial charge in [-0.05, 0) is 24.6 Å². The third-order valence-electron chi connectivity index (χ3n) is 1.66. The van der Waals surface area contributed by atoms with Crippen LogP contribution >= 0.6 is 11.9 Å². The normalized spacial score (nSPS) is 9.77. The molecule has 0 aliphatic carbocycles. The van der Waals surface area contributed by atoms with Crippen molar-refractivity contribution in [1.29, 1.82) is 0 Å². The molecule has 72 valence electrons. The van der Waals surface area contributed by atoms with E-state index in [4.69, 9.17) is 5.73 Å². The Morgan fingerprint density at radius 2 is 2.23 bits per heavy atom. The second-order valence-electron chi connectivity index (χ2n) is 2.59. The van der Waals surface area contributed by atoms with E-state index in [0.717, 1.165) is 5.56 Å². The van der Waals surface area contributed by atoms with E-state index in [1.165, 1.54) is 11.9 Å². The largest absolute Gasteiger partial charge is 0.398 e. The van der Waals surface area contributed by atoms with E-state index in [0.29, 0.717) is 11.4 Å². The number of nitrogen functional groups attached to an aromatic ring is 1. The summed E-state index contributed by atoms with van der Waals surface area (Å²) in [6.45, 7) is 1.79. The second-order valence-corrected chi connectivity index (χ2v) is 3.20. The molecule has 0 spiro atoms. The van der Waals surface area contributed by atoms with Gasteiger partial charge in [0.25, 0.3) is 0 Å². The Bertz CT molecular complexity index is 306. The van der Waals surface area contributed by atoms with Crippen molar-refractivity contribution in [3.63, 3.8) is 0 Å². The highest BCUT2D eigenvalue weighted by Gasteiger charge is 2.06. The number of benzene rings is 1. The number of nitrogens with one attached hydrogen (secondary N) is 1. The molecule has 0 atom stereocenters. The zero-order valence-corrected chi connectivity index (χ0v) is 8.24. The Labute approximate surface area is 80.5 Å². The molecule has 0 amide bonds. The van der Waals surface area contributed by atoms with Gasteiger partial charge in [-0.2, -0.15) is 0 Å². The highest BCUT2D eigenvalue weighted by Crippen LogP contribution is 2.31. The summed E-state index contributed by atoms with van der Waals surface area (Å²) in [5.41, 5.74) is 7.59. The van der Waals surface area contributed by atoms with Gasteiger partial charge in [0.2, 0.25) is 0 Å². The molecule has 0 saturated carbocycles. The summed E-state index contributed by atoms with van der Waals surface area (Å²) in [4.78, 5) is 3.70. The minimum Gasteiger partial charge on any atom is -0.398 e. The number of hydrogen-bond donors (Lipinski definition) is 2. The van der Waals surface area contributed by atoms with Crippen LogP contribution in [0, 0.1) is 6.92 Å². The maximum absolute atomic E-state index is 12.0. The van der Waals surface area contributed by atoms with Crippen molar-refractivity contribution in [2.24, 2.45) is 0 Å². The minimum absolute atomic E-state index is 0.154. The molecule has 1 rings (SSSR count). The van der Waals surface area contributed by atoms with E-state index in [1.54, 1.807) is 19.1 Å². The van der Waals surface area contributed by atoms with Crippen LogP contribution in [0.25, 0.3) is 0 Å². The van der Waals surface area contributed by atoms with E-state index in [2.05, 4.69) is 9.66 Å². The number of rotatable bonds is 3. The van der Waals surface area contributed by atoms with E-state index in [9.17, 15) is 4.53 Å². The van der Waals surface area contributed by atoms with Crippen molar-refractivity contribution in [2.45, 2.75) is 6.92 Å². The molecule has 13 heavy (non-hydrogen) atoms. The summed E-state index contributed by atoms with van der Waals surface area (Å²) in [7, 11) is 0. The first-order valence-electron chi connectivity index (χ1n) is 3.66. The predicted octanol–water partition coefficient (Wildman–Crippen LogP) is 2.53. The third-order valence-corrected chi connectivity index (χ3v) is 2.09.